The summed E-state index contributed by atoms with van der Waals surface area (Å²) in [5.74, 6) is -1.26. The van der Waals surface area contributed by atoms with Crippen LogP contribution < -0.4 is 10.6 Å². The van der Waals surface area contributed by atoms with E-state index >= 15 is 0 Å². The van der Waals surface area contributed by atoms with E-state index in [2.05, 4.69) is 10.6 Å². The summed E-state index contributed by atoms with van der Waals surface area (Å²) in [7, 11) is 0. The van der Waals surface area contributed by atoms with Gasteiger partial charge in [0.2, 0.25) is 11.8 Å². The Balaban J connectivity index is 1.62. The highest BCUT2D eigenvalue weighted by Gasteiger charge is 2.24. The molecule has 2 aromatic rings. The minimum absolute atomic E-state index is 0.0690. The van der Waals surface area contributed by atoms with Gasteiger partial charge in [0.25, 0.3) is 0 Å². The zero-order valence-corrected chi connectivity index (χ0v) is 18.5. The Morgan fingerprint density at radius 2 is 1.81 bits per heavy atom. The number of hydrogen-bond donors (Lipinski definition) is 2. The van der Waals surface area contributed by atoms with Crippen molar-refractivity contribution in [1.82, 2.24) is 10.6 Å². The molecule has 0 aromatic heterocycles. The van der Waals surface area contributed by atoms with Crippen LogP contribution in [-0.2, 0) is 25.7 Å². The molecule has 32 heavy (non-hydrogen) atoms. The standard InChI is InChI=1S/C25H27ClN2O4/c26-21-13-11-18(12-14-21)16-27-23(29)15-20-9-5-2-6-10-24(30)32-22(17-28-25(20)31)19-7-3-1-4-8-19/h1-5,7-8,11-14,20,22H,6,9-10,15-17H2,(H,27,29)(H,28,31)/t20-,22?/m0/s1. The van der Waals surface area contributed by atoms with Gasteiger partial charge in [0.1, 0.15) is 6.10 Å². The molecule has 0 radical (unpaired) electrons. The van der Waals surface area contributed by atoms with Crippen molar-refractivity contribution in [3.63, 3.8) is 0 Å². The highest BCUT2D eigenvalue weighted by Crippen LogP contribution is 2.19. The lowest BCUT2D eigenvalue weighted by Gasteiger charge is -2.21. The molecule has 2 amide bonds. The fourth-order valence-corrected chi connectivity index (χ4v) is 3.54. The summed E-state index contributed by atoms with van der Waals surface area (Å²) in [6, 6.07) is 16.5. The van der Waals surface area contributed by atoms with E-state index in [1.165, 1.54) is 0 Å². The Labute approximate surface area is 193 Å². The van der Waals surface area contributed by atoms with E-state index in [0.29, 0.717) is 24.4 Å². The van der Waals surface area contributed by atoms with Gasteiger partial charge in [-0.1, -0.05) is 66.2 Å². The fourth-order valence-electron chi connectivity index (χ4n) is 3.41. The third kappa shape index (κ3) is 7.54. The van der Waals surface area contributed by atoms with Gasteiger partial charge in [0.15, 0.2) is 0 Å². The Bertz CT molecular complexity index is 944. The number of esters is 1. The van der Waals surface area contributed by atoms with Crippen LogP contribution in [0.25, 0.3) is 0 Å². The molecule has 0 spiro atoms. The summed E-state index contributed by atoms with van der Waals surface area (Å²) in [6.45, 7) is 0.521. The second-order valence-corrected chi connectivity index (χ2v) is 8.12. The van der Waals surface area contributed by atoms with Crippen molar-refractivity contribution in [3.8, 4) is 0 Å². The summed E-state index contributed by atoms with van der Waals surface area (Å²) in [6.07, 6.45) is 4.41. The molecule has 1 unspecified atom stereocenters. The largest absolute Gasteiger partial charge is 0.456 e. The van der Waals surface area contributed by atoms with Crippen LogP contribution >= 0.6 is 11.6 Å². The Kier molecular flexibility index (Phi) is 8.87. The number of benzene rings is 2. The molecule has 2 aromatic carbocycles. The second-order valence-electron chi connectivity index (χ2n) is 7.68. The normalized spacial score (nSPS) is 19.8. The average molecular weight is 455 g/mol. The molecular weight excluding hydrogens is 428 g/mol. The zero-order valence-electron chi connectivity index (χ0n) is 17.8. The highest BCUT2D eigenvalue weighted by atomic mass is 35.5. The van der Waals surface area contributed by atoms with E-state index in [0.717, 1.165) is 11.1 Å². The maximum atomic E-state index is 12.9. The first-order valence-electron chi connectivity index (χ1n) is 10.7. The molecule has 0 aliphatic carbocycles. The van der Waals surface area contributed by atoms with E-state index in [1.807, 2.05) is 54.6 Å². The number of nitrogens with one attached hydrogen (secondary N) is 2. The maximum absolute atomic E-state index is 12.9. The topological polar surface area (TPSA) is 84.5 Å². The van der Waals surface area contributed by atoms with Gasteiger partial charge in [-0.25, -0.2) is 0 Å². The van der Waals surface area contributed by atoms with Crippen molar-refractivity contribution in [3.05, 3.63) is 82.9 Å². The zero-order chi connectivity index (χ0) is 22.8. The van der Waals surface area contributed by atoms with Crippen molar-refractivity contribution in [2.45, 2.75) is 38.3 Å². The smallest absolute Gasteiger partial charge is 0.306 e. The summed E-state index contributed by atoms with van der Waals surface area (Å²) >= 11 is 5.89. The number of allylic oxidation sites excluding steroid dienone is 2. The van der Waals surface area contributed by atoms with Gasteiger partial charge in [0, 0.05) is 24.4 Å². The van der Waals surface area contributed by atoms with Crippen LogP contribution in [0, 0.1) is 5.92 Å². The van der Waals surface area contributed by atoms with Crippen molar-refractivity contribution in [1.29, 1.82) is 0 Å². The first kappa shape index (κ1) is 23.5. The number of ether oxygens (including phenoxy) is 1. The van der Waals surface area contributed by atoms with Crippen LogP contribution in [0.2, 0.25) is 5.02 Å². The molecular formula is C25H27ClN2O4. The van der Waals surface area contributed by atoms with Crippen molar-refractivity contribution in [2.24, 2.45) is 5.92 Å². The first-order chi connectivity index (χ1) is 15.5. The molecule has 0 saturated heterocycles. The van der Waals surface area contributed by atoms with E-state index in [9.17, 15) is 14.4 Å². The van der Waals surface area contributed by atoms with Crippen molar-refractivity contribution >= 4 is 29.4 Å². The summed E-state index contributed by atoms with van der Waals surface area (Å²) in [5.41, 5.74) is 1.74. The number of rotatable bonds is 5. The van der Waals surface area contributed by atoms with Gasteiger partial charge >= 0.3 is 5.97 Å². The van der Waals surface area contributed by atoms with Crippen LogP contribution in [0.5, 0.6) is 0 Å². The number of amides is 2. The maximum Gasteiger partial charge on any atom is 0.306 e. The molecule has 0 bridgehead atoms. The molecule has 3 rings (SSSR count). The summed E-state index contributed by atoms with van der Waals surface area (Å²) in [4.78, 5) is 37.5. The Morgan fingerprint density at radius 3 is 2.56 bits per heavy atom. The van der Waals surface area contributed by atoms with E-state index < -0.39 is 12.0 Å². The van der Waals surface area contributed by atoms with Gasteiger partial charge in [-0.2, -0.15) is 0 Å². The number of hydrogen-bond acceptors (Lipinski definition) is 4. The van der Waals surface area contributed by atoms with Crippen LogP contribution in [0.1, 0.15) is 42.9 Å². The summed E-state index contributed by atoms with van der Waals surface area (Å²) < 4.78 is 5.59. The molecule has 2 N–H and O–H groups in total. The lowest BCUT2D eigenvalue weighted by molar-refractivity contribution is -0.150. The van der Waals surface area contributed by atoms with Crippen LogP contribution in [0.15, 0.2) is 66.7 Å². The third-order valence-electron chi connectivity index (χ3n) is 5.21. The molecule has 2 atom stereocenters. The van der Waals surface area contributed by atoms with Gasteiger partial charge in [-0.3, -0.25) is 14.4 Å². The first-order valence-corrected chi connectivity index (χ1v) is 11.1. The predicted molar refractivity (Wildman–Crippen MR) is 123 cm³/mol. The van der Waals surface area contributed by atoms with Gasteiger partial charge in [-0.05, 0) is 36.1 Å². The Hall–Kier alpha value is -3.12. The number of cyclic esters (lactones) is 1. The average Bonchev–Trinajstić information content (AvgIpc) is 2.80. The molecule has 1 aliphatic heterocycles. The molecule has 6 nitrogen and oxygen atoms in total. The predicted octanol–water partition coefficient (Wildman–Crippen LogP) is 4.10. The number of carbonyl (C=O) groups excluding carboxylic acids is 3. The molecule has 0 saturated carbocycles. The van der Waals surface area contributed by atoms with Gasteiger partial charge in [0.05, 0.1) is 12.5 Å². The quantitative estimate of drug-likeness (QED) is 0.526. The van der Waals surface area contributed by atoms with E-state index in [4.69, 9.17) is 16.3 Å². The van der Waals surface area contributed by atoms with Crippen molar-refractivity contribution in [2.75, 3.05) is 6.54 Å². The van der Waals surface area contributed by atoms with Crippen LogP contribution in [0.4, 0.5) is 0 Å². The fraction of sp³-hybridized carbons (Fsp3) is 0.320. The molecule has 1 aliphatic rings. The molecule has 0 fully saturated rings. The highest BCUT2D eigenvalue weighted by molar-refractivity contribution is 6.30. The minimum atomic E-state index is -0.574. The lowest BCUT2D eigenvalue weighted by atomic mass is 9.98. The number of carbonyl (C=O) groups is 3. The van der Waals surface area contributed by atoms with E-state index in [-0.39, 0.29) is 37.2 Å². The molecule has 168 valence electrons. The van der Waals surface area contributed by atoms with Gasteiger partial charge in [-0.15, -0.1) is 0 Å². The second kappa shape index (κ2) is 12.1. The van der Waals surface area contributed by atoms with E-state index in [1.54, 1.807) is 12.1 Å². The van der Waals surface area contributed by atoms with Crippen LogP contribution in [-0.4, -0.2) is 24.3 Å². The summed E-state index contributed by atoms with van der Waals surface area (Å²) in [5, 5.41) is 6.35. The lowest BCUT2D eigenvalue weighted by Crippen LogP contribution is -2.37. The van der Waals surface area contributed by atoms with Gasteiger partial charge < -0.3 is 15.4 Å². The minimum Gasteiger partial charge on any atom is -0.456 e. The molecule has 7 heteroatoms. The van der Waals surface area contributed by atoms with Crippen molar-refractivity contribution < 1.29 is 19.1 Å². The van der Waals surface area contributed by atoms with Crippen LogP contribution in [0.3, 0.4) is 0 Å². The number of halogens is 1. The monoisotopic (exact) mass is 454 g/mol. The molecule has 1 heterocycles. The SMILES string of the molecule is O=C(C[C@@H]1CC=CCCC(=O)OC(c2ccccc2)CNC1=O)NCc1ccc(Cl)cc1. The third-order valence-corrected chi connectivity index (χ3v) is 5.47. The Morgan fingerprint density at radius 1 is 1.06 bits per heavy atom.